The molecule has 1 fully saturated rings. The van der Waals surface area contributed by atoms with Crippen LogP contribution in [0.15, 0.2) is 48.8 Å². The topological polar surface area (TPSA) is 37.4 Å². The summed E-state index contributed by atoms with van der Waals surface area (Å²) in [5.41, 5.74) is 2.50. The van der Waals surface area contributed by atoms with Crippen LogP contribution < -0.4 is 10.1 Å². The van der Waals surface area contributed by atoms with Gasteiger partial charge < -0.3 is 10.1 Å². The average Bonchev–Trinajstić information content (AvgIpc) is 3.09. The fourth-order valence-electron chi connectivity index (χ4n) is 3.24. The monoisotopic (exact) mass is 311 g/mol. The summed E-state index contributed by atoms with van der Waals surface area (Å²) in [6.45, 7) is 5.17. The molecule has 1 aliphatic heterocycles. The fourth-order valence-corrected chi connectivity index (χ4v) is 3.24. The molecule has 2 aromatic rings. The normalized spacial score (nSPS) is 17.6. The summed E-state index contributed by atoms with van der Waals surface area (Å²) in [7, 11) is 1.74. The van der Waals surface area contributed by atoms with Gasteiger partial charge in [-0.3, -0.25) is 9.88 Å². The van der Waals surface area contributed by atoms with Gasteiger partial charge in [0.1, 0.15) is 5.75 Å². The molecule has 0 spiro atoms. The Balaban J connectivity index is 1.73. The summed E-state index contributed by atoms with van der Waals surface area (Å²) >= 11 is 0. The highest BCUT2D eigenvalue weighted by Gasteiger charge is 2.19. The van der Waals surface area contributed by atoms with Gasteiger partial charge in [-0.05, 0) is 43.1 Å². The van der Waals surface area contributed by atoms with Crippen molar-refractivity contribution in [3.8, 4) is 5.75 Å². The zero-order chi connectivity index (χ0) is 15.9. The van der Waals surface area contributed by atoms with E-state index in [1.807, 2.05) is 30.6 Å². The number of para-hydroxylation sites is 1. The van der Waals surface area contributed by atoms with Crippen molar-refractivity contribution in [2.75, 3.05) is 26.7 Å². The molecule has 0 amide bonds. The maximum absolute atomic E-state index is 5.52. The molecule has 0 saturated carbocycles. The minimum Gasteiger partial charge on any atom is -0.496 e. The van der Waals surface area contributed by atoms with Gasteiger partial charge in [0.2, 0.25) is 0 Å². The molecule has 0 aliphatic carbocycles. The van der Waals surface area contributed by atoms with Crippen LogP contribution in [0.4, 0.5) is 0 Å². The van der Waals surface area contributed by atoms with Crippen LogP contribution in [-0.2, 0) is 13.1 Å². The van der Waals surface area contributed by atoms with E-state index in [0.29, 0.717) is 0 Å². The van der Waals surface area contributed by atoms with Gasteiger partial charge in [-0.25, -0.2) is 0 Å². The number of benzene rings is 1. The molecule has 3 rings (SSSR count). The van der Waals surface area contributed by atoms with E-state index in [1.165, 1.54) is 17.5 Å². The van der Waals surface area contributed by atoms with Crippen molar-refractivity contribution in [3.63, 3.8) is 0 Å². The number of hydrogen-bond donors (Lipinski definition) is 1. The van der Waals surface area contributed by atoms with Crippen molar-refractivity contribution in [1.82, 2.24) is 15.2 Å². The van der Waals surface area contributed by atoms with Crippen LogP contribution in [0.1, 0.15) is 17.5 Å². The lowest BCUT2D eigenvalue weighted by molar-refractivity contribution is 0.217. The first kappa shape index (κ1) is 16.0. The van der Waals surface area contributed by atoms with Crippen LogP contribution >= 0.6 is 0 Å². The lowest BCUT2D eigenvalue weighted by Gasteiger charge is -2.26. The highest BCUT2D eigenvalue weighted by molar-refractivity contribution is 5.33. The standard InChI is InChI=1S/C19H25N3O/c1-23-19-7-3-2-6-18(19)15-22(14-17-8-10-21-12-17)13-16-5-4-9-20-11-16/h2-7,9,11,17,21H,8,10,12-15H2,1H3. The van der Waals surface area contributed by atoms with Crippen molar-refractivity contribution in [2.24, 2.45) is 5.92 Å². The number of nitrogens with one attached hydrogen (secondary N) is 1. The zero-order valence-corrected chi connectivity index (χ0v) is 13.7. The Morgan fingerprint density at radius 1 is 1.22 bits per heavy atom. The maximum Gasteiger partial charge on any atom is 0.123 e. The smallest absolute Gasteiger partial charge is 0.123 e. The Morgan fingerprint density at radius 2 is 2.13 bits per heavy atom. The number of aromatic nitrogens is 1. The van der Waals surface area contributed by atoms with E-state index < -0.39 is 0 Å². The number of ether oxygens (including phenoxy) is 1. The van der Waals surface area contributed by atoms with Gasteiger partial charge in [0, 0.05) is 37.6 Å². The molecule has 4 heteroatoms. The molecule has 122 valence electrons. The van der Waals surface area contributed by atoms with E-state index >= 15 is 0 Å². The van der Waals surface area contributed by atoms with Crippen LogP contribution in [0, 0.1) is 5.92 Å². The van der Waals surface area contributed by atoms with Gasteiger partial charge in [-0.2, -0.15) is 0 Å². The van der Waals surface area contributed by atoms with Gasteiger partial charge in [0.15, 0.2) is 0 Å². The molecular weight excluding hydrogens is 286 g/mol. The Morgan fingerprint density at radius 3 is 2.87 bits per heavy atom. The molecule has 1 atom stereocenters. The molecule has 1 aliphatic rings. The second-order valence-corrected chi connectivity index (χ2v) is 6.20. The lowest BCUT2D eigenvalue weighted by Crippen LogP contribution is -2.30. The average molecular weight is 311 g/mol. The second kappa shape index (κ2) is 8.09. The molecule has 2 heterocycles. The van der Waals surface area contributed by atoms with Crippen LogP contribution in [-0.4, -0.2) is 36.6 Å². The Hall–Kier alpha value is -1.91. The number of rotatable bonds is 7. The van der Waals surface area contributed by atoms with Crippen LogP contribution in [0.3, 0.4) is 0 Å². The van der Waals surface area contributed by atoms with Crippen LogP contribution in [0.5, 0.6) is 5.75 Å². The van der Waals surface area contributed by atoms with E-state index in [9.17, 15) is 0 Å². The number of hydrogen-bond acceptors (Lipinski definition) is 4. The Kier molecular flexibility index (Phi) is 5.61. The van der Waals surface area contributed by atoms with Crippen molar-refractivity contribution in [3.05, 3.63) is 59.9 Å². The molecule has 4 nitrogen and oxygen atoms in total. The van der Waals surface area contributed by atoms with Gasteiger partial charge in [-0.15, -0.1) is 0 Å². The third-order valence-corrected chi connectivity index (χ3v) is 4.39. The van der Waals surface area contributed by atoms with Gasteiger partial charge in [0.05, 0.1) is 7.11 Å². The Bertz CT molecular complexity index is 597. The predicted molar refractivity (Wildman–Crippen MR) is 92.3 cm³/mol. The van der Waals surface area contributed by atoms with Crippen molar-refractivity contribution in [1.29, 1.82) is 0 Å². The lowest BCUT2D eigenvalue weighted by atomic mass is 10.1. The van der Waals surface area contributed by atoms with Gasteiger partial charge >= 0.3 is 0 Å². The van der Waals surface area contributed by atoms with Gasteiger partial charge in [-0.1, -0.05) is 24.3 Å². The molecular formula is C19H25N3O. The molecule has 1 unspecified atom stereocenters. The first-order valence-electron chi connectivity index (χ1n) is 8.29. The third-order valence-electron chi connectivity index (χ3n) is 4.39. The summed E-state index contributed by atoms with van der Waals surface area (Å²) in [5.74, 6) is 1.69. The predicted octanol–water partition coefficient (Wildman–Crippen LogP) is 2.70. The number of pyridine rings is 1. The van der Waals surface area contributed by atoms with E-state index in [2.05, 4.69) is 33.4 Å². The minimum absolute atomic E-state index is 0.723. The molecule has 0 radical (unpaired) electrons. The highest BCUT2D eigenvalue weighted by atomic mass is 16.5. The molecule has 23 heavy (non-hydrogen) atoms. The maximum atomic E-state index is 5.52. The molecule has 1 aromatic heterocycles. The second-order valence-electron chi connectivity index (χ2n) is 6.20. The summed E-state index contributed by atoms with van der Waals surface area (Å²) in [6, 6.07) is 12.4. The summed E-state index contributed by atoms with van der Waals surface area (Å²) in [5, 5.41) is 3.46. The molecule has 1 aromatic carbocycles. The van der Waals surface area contributed by atoms with Crippen molar-refractivity contribution in [2.45, 2.75) is 19.5 Å². The molecule has 1 N–H and O–H groups in total. The summed E-state index contributed by atoms with van der Waals surface area (Å²) < 4.78 is 5.52. The number of nitrogens with zero attached hydrogens (tertiary/aromatic N) is 2. The first-order chi connectivity index (χ1) is 11.3. The van der Waals surface area contributed by atoms with E-state index in [-0.39, 0.29) is 0 Å². The van der Waals surface area contributed by atoms with Crippen molar-refractivity contribution >= 4 is 0 Å². The molecule has 1 saturated heterocycles. The first-order valence-corrected chi connectivity index (χ1v) is 8.29. The molecule has 0 bridgehead atoms. The summed E-state index contributed by atoms with van der Waals surface area (Å²) in [4.78, 5) is 6.75. The summed E-state index contributed by atoms with van der Waals surface area (Å²) in [6.07, 6.45) is 5.05. The largest absolute Gasteiger partial charge is 0.496 e. The van der Waals surface area contributed by atoms with E-state index in [0.717, 1.165) is 44.4 Å². The fraction of sp³-hybridized carbons (Fsp3) is 0.421. The van der Waals surface area contributed by atoms with Crippen molar-refractivity contribution < 1.29 is 4.74 Å². The number of methoxy groups -OCH3 is 1. The van der Waals surface area contributed by atoms with Gasteiger partial charge in [0.25, 0.3) is 0 Å². The van der Waals surface area contributed by atoms with Crippen LogP contribution in [0.2, 0.25) is 0 Å². The minimum atomic E-state index is 0.723. The quantitative estimate of drug-likeness (QED) is 0.853. The third kappa shape index (κ3) is 4.53. The zero-order valence-electron chi connectivity index (χ0n) is 13.7. The van der Waals surface area contributed by atoms with E-state index in [1.54, 1.807) is 7.11 Å². The van der Waals surface area contributed by atoms with Crippen LogP contribution in [0.25, 0.3) is 0 Å². The SMILES string of the molecule is COc1ccccc1CN(Cc1cccnc1)CC1CCNC1. The Labute approximate surface area is 138 Å². The van der Waals surface area contributed by atoms with E-state index in [4.69, 9.17) is 4.74 Å². The highest BCUT2D eigenvalue weighted by Crippen LogP contribution is 2.22.